The summed E-state index contributed by atoms with van der Waals surface area (Å²) in [6.07, 6.45) is 2.13. The van der Waals surface area contributed by atoms with Crippen LogP contribution in [0.2, 0.25) is 0 Å². The maximum atomic E-state index is 11.3. The summed E-state index contributed by atoms with van der Waals surface area (Å²) in [6.45, 7) is 5.98. The summed E-state index contributed by atoms with van der Waals surface area (Å²) in [5, 5.41) is 20.1. The number of fused-ring (bicyclic) bond motifs is 1. The van der Waals surface area contributed by atoms with Gasteiger partial charge in [0.1, 0.15) is 6.04 Å². The number of nitrogens with one attached hydrogen (secondary N) is 2. The Balaban J connectivity index is 2.00. The second-order valence-corrected chi connectivity index (χ2v) is 5.99. The van der Waals surface area contributed by atoms with Crippen molar-refractivity contribution >= 4 is 16.9 Å². The van der Waals surface area contributed by atoms with Crippen molar-refractivity contribution in [2.75, 3.05) is 6.73 Å². The fourth-order valence-corrected chi connectivity index (χ4v) is 1.95. The summed E-state index contributed by atoms with van der Waals surface area (Å²) in [6, 6.07) is 5.08. The third-order valence-corrected chi connectivity index (χ3v) is 3.08. The fraction of sp³-hybridized carbons (Fsp3) is 0.467. The van der Waals surface area contributed by atoms with E-state index in [1.807, 2.05) is 39.0 Å². The van der Waals surface area contributed by atoms with Crippen molar-refractivity contribution in [3.63, 3.8) is 0 Å². The lowest BCUT2D eigenvalue weighted by molar-refractivity contribution is -0.140. The second kappa shape index (κ2) is 6.24. The van der Waals surface area contributed by atoms with Gasteiger partial charge in [-0.05, 0) is 38.8 Å². The number of carboxylic acids is 1. The molecule has 0 radical (unpaired) electrons. The zero-order valence-corrected chi connectivity index (χ0v) is 12.5. The monoisotopic (exact) mass is 291 g/mol. The molecule has 3 N–H and O–H groups in total. The number of aromatic nitrogens is 2. The van der Waals surface area contributed by atoms with Gasteiger partial charge < -0.3 is 9.84 Å². The topological polar surface area (TPSA) is 87.2 Å². The van der Waals surface area contributed by atoms with E-state index in [2.05, 4.69) is 15.5 Å². The SMILES string of the molecule is CC(C)(C)OCNC(Cc1ccc2cn[nH]c2c1)C(=O)O. The average molecular weight is 291 g/mol. The van der Waals surface area contributed by atoms with E-state index in [1.165, 1.54) is 0 Å². The molecule has 6 heteroatoms. The van der Waals surface area contributed by atoms with Crippen molar-refractivity contribution in [1.82, 2.24) is 15.5 Å². The van der Waals surface area contributed by atoms with E-state index in [-0.39, 0.29) is 12.3 Å². The van der Waals surface area contributed by atoms with E-state index in [1.54, 1.807) is 6.20 Å². The van der Waals surface area contributed by atoms with Gasteiger partial charge in [0, 0.05) is 5.39 Å². The molecule has 1 atom stereocenters. The van der Waals surface area contributed by atoms with Crippen molar-refractivity contribution in [3.8, 4) is 0 Å². The van der Waals surface area contributed by atoms with Crippen LogP contribution in [0.4, 0.5) is 0 Å². The molecule has 1 unspecified atom stereocenters. The number of aliphatic carboxylic acids is 1. The zero-order valence-electron chi connectivity index (χ0n) is 12.5. The van der Waals surface area contributed by atoms with Gasteiger partial charge in [0.2, 0.25) is 0 Å². The van der Waals surface area contributed by atoms with Gasteiger partial charge in [0.25, 0.3) is 0 Å². The number of carboxylic acid groups (broad SMARTS) is 1. The van der Waals surface area contributed by atoms with Crippen molar-refractivity contribution in [2.24, 2.45) is 0 Å². The van der Waals surface area contributed by atoms with Gasteiger partial charge in [-0.2, -0.15) is 5.10 Å². The minimum absolute atomic E-state index is 0.201. The van der Waals surface area contributed by atoms with Crippen LogP contribution < -0.4 is 5.32 Å². The molecule has 21 heavy (non-hydrogen) atoms. The van der Waals surface area contributed by atoms with E-state index >= 15 is 0 Å². The highest BCUT2D eigenvalue weighted by atomic mass is 16.5. The van der Waals surface area contributed by atoms with Gasteiger partial charge >= 0.3 is 5.97 Å². The molecule has 2 rings (SSSR count). The van der Waals surface area contributed by atoms with E-state index in [0.717, 1.165) is 16.5 Å². The molecule has 2 aromatic rings. The smallest absolute Gasteiger partial charge is 0.321 e. The molecule has 0 spiro atoms. The lowest BCUT2D eigenvalue weighted by atomic mass is 10.0. The molecule has 1 heterocycles. The summed E-state index contributed by atoms with van der Waals surface area (Å²) in [7, 11) is 0. The van der Waals surface area contributed by atoms with Crippen molar-refractivity contribution in [2.45, 2.75) is 38.8 Å². The predicted molar refractivity (Wildman–Crippen MR) is 80.1 cm³/mol. The van der Waals surface area contributed by atoms with Crippen LogP contribution in [-0.4, -0.2) is 39.6 Å². The van der Waals surface area contributed by atoms with Crippen molar-refractivity contribution in [1.29, 1.82) is 0 Å². The molecule has 0 aliphatic heterocycles. The molecule has 0 fully saturated rings. The molecule has 0 aliphatic carbocycles. The number of hydrogen-bond donors (Lipinski definition) is 3. The molecular weight excluding hydrogens is 270 g/mol. The molecule has 0 bridgehead atoms. The van der Waals surface area contributed by atoms with Crippen LogP contribution in [0.25, 0.3) is 10.9 Å². The minimum Gasteiger partial charge on any atom is -0.480 e. The molecule has 0 aliphatic rings. The molecule has 6 nitrogen and oxygen atoms in total. The average Bonchev–Trinajstić information content (AvgIpc) is 2.83. The van der Waals surface area contributed by atoms with Crippen LogP contribution >= 0.6 is 0 Å². The third-order valence-electron chi connectivity index (χ3n) is 3.08. The van der Waals surface area contributed by atoms with Crippen LogP contribution in [0.15, 0.2) is 24.4 Å². The van der Waals surface area contributed by atoms with E-state index in [9.17, 15) is 9.90 Å². The largest absolute Gasteiger partial charge is 0.480 e. The standard InChI is InChI=1S/C15H21N3O3/c1-15(2,3)21-9-16-13(14(19)20)7-10-4-5-11-8-17-18-12(11)6-10/h4-6,8,13,16H,7,9H2,1-3H3,(H,17,18)(H,19,20). The Kier molecular flexibility index (Phi) is 4.59. The van der Waals surface area contributed by atoms with E-state index < -0.39 is 12.0 Å². The van der Waals surface area contributed by atoms with Crippen LogP contribution in [0.3, 0.4) is 0 Å². The number of H-pyrrole nitrogens is 1. The summed E-state index contributed by atoms with van der Waals surface area (Å²) < 4.78 is 5.51. The Morgan fingerprint density at radius 2 is 2.24 bits per heavy atom. The predicted octanol–water partition coefficient (Wildman–Crippen LogP) is 1.92. The van der Waals surface area contributed by atoms with Gasteiger partial charge in [0.05, 0.1) is 24.0 Å². The van der Waals surface area contributed by atoms with Gasteiger partial charge in [-0.3, -0.25) is 15.2 Å². The number of hydrogen-bond acceptors (Lipinski definition) is 4. The second-order valence-electron chi connectivity index (χ2n) is 5.99. The first-order valence-corrected chi connectivity index (χ1v) is 6.87. The Hall–Kier alpha value is -1.92. The molecule has 0 amide bonds. The van der Waals surface area contributed by atoms with Gasteiger partial charge in [-0.15, -0.1) is 0 Å². The first-order valence-electron chi connectivity index (χ1n) is 6.87. The Morgan fingerprint density at radius 3 is 2.90 bits per heavy atom. The molecular formula is C15H21N3O3. The van der Waals surface area contributed by atoms with E-state index in [0.29, 0.717) is 6.42 Å². The summed E-state index contributed by atoms with van der Waals surface area (Å²) in [4.78, 5) is 11.3. The highest BCUT2D eigenvalue weighted by Crippen LogP contribution is 2.14. The minimum atomic E-state index is -0.891. The lowest BCUT2D eigenvalue weighted by Crippen LogP contribution is -2.41. The van der Waals surface area contributed by atoms with Crippen LogP contribution in [0.5, 0.6) is 0 Å². The van der Waals surface area contributed by atoms with Gasteiger partial charge in [0.15, 0.2) is 0 Å². The maximum absolute atomic E-state index is 11.3. The summed E-state index contributed by atoms with van der Waals surface area (Å²) >= 11 is 0. The third kappa shape index (κ3) is 4.54. The normalized spacial score (nSPS) is 13.5. The Labute approximate surface area is 123 Å². The van der Waals surface area contributed by atoms with Gasteiger partial charge in [-0.25, -0.2) is 0 Å². The number of ether oxygens (including phenoxy) is 1. The summed E-state index contributed by atoms with van der Waals surface area (Å²) in [5.74, 6) is -0.891. The number of carbonyl (C=O) groups is 1. The first-order chi connectivity index (χ1) is 9.85. The Bertz CT molecular complexity index is 616. The number of nitrogens with zero attached hydrogens (tertiary/aromatic N) is 1. The van der Waals surface area contributed by atoms with Crippen molar-refractivity contribution < 1.29 is 14.6 Å². The van der Waals surface area contributed by atoms with Crippen molar-refractivity contribution in [3.05, 3.63) is 30.0 Å². The molecule has 114 valence electrons. The van der Waals surface area contributed by atoms with E-state index in [4.69, 9.17) is 4.74 Å². The molecule has 1 aromatic carbocycles. The molecule has 0 saturated carbocycles. The quantitative estimate of drug-likeness (QED) is 0.708. The van der Waals surface area contributed by atoms with Crippen LogP contribution in [-0.2, 0) is 16.0 Å². The lowest BCUT2D eigenvalue weighted by Gasteiger charge is -2.22. The fourth-order valence-electron chi connectivity index (χ4n) is 1.95. The number of benzene rings is 1. The van der Waals surface area contributed by atoms with Gasteiger partial charge in [-0.1, -0.05) is 12.1 Å². The van der Waals surface area contributed by atoms with Crippen LogP contribution in [0.1, 0.15) is 26.3 Å². The first kappa shape index (κ1) is 15.5. The highest BCUT2D eigenvalue weighted by molar-refractivity contribution is 5.79. The number of rotatable bonds is 6. The Morgan fingerprint density at radius 1 is 1.48 bits per heavy atom. The summed E-state index contributed by atoms with van der Waals surface area (Å²) in [5.41, 5.74) is 1.54. The zero-order chi connectivity index (χ0) is 15.5. The maximum Gasteiger partial charge on any atom is 0.321 e. The number of aromatic amines is 1. The molecule has 1 aromatic heterocycles. The molecule has 0 saturated heterocycles. The highest BCUT2D eigenvalue weighted by Gasteiger charge is 2.19. The van der Waals surface area contributed by atoms with Crippen LogP contribution in [0, 0.1) is 0 Å².